The average molecular weight is 397 g/mol. The van der Waals surface area contributed by atoms with Crippen LogP contribution in [0.5, 0.6) is 0 Å². The topological polar surface area (TPSA) is 88.7 Å². The summed E-state index contributed by atoms with van der Waals surface area (Å²) in [5, 5.41) is 3.72. The highest BCUT2D eigenvalue weighted by Crippen LogP contribution is 2.20. The molecular formula is C21H27N5O3. The van der Waals surface area contributed by atoms with Gasteiger partial charge in [0, 0.05) is 56.4 Å². The van der Waals surface area contributed by atoms with Gasteiger partial charge in [0.05, 0.1) is 5.56 Å². The molecule has 2 saturated heterocycles. The zero-order valence-corrected chi connectivity index (χ0v) is 16.7. The second-order valence-corrected chi connectivity index (χ2v) is 7.73. The van der Waals surface area contributed by atoms with Gasteiger partial charge >= 0.3 is 6.03 Å². The summed E-state index contributed by atoms with van der Waals surface area (Å²) in [7, 11) is 0. The molecule has 0 spiro atoms. The van der Waals surface area contributed by atoms with Gasteiger partial charge in [0.15, 0.2) is 0 Å². The molecule has 0 saturated carbocycles. The molecule has 2 aromatic rings. The Labute approximate surface area is 169 Å². The average Bonchev–Trinajstić information content (AvgIpc) is 3.43. The zero-order chi connectivity index (χ0) is 20.4. The molecule has 8 nitrogen and oxygen atoms in total. The van der Waals surface area contributed by atoms with E-state index in [0.717, 1.165) is 36.8 Å². The Morgan fingerprint density at radius 3 is 2.31 bits per heavy atom. The fourth-order valence-corrected chi connectivity index (χ4v) is 4.08. The van der Waals surface area contributed by atoms with Crippen LogP contribution in [0, 0.1) is 0 Å². The quantitative estimate of drug-likeness (QED) is 0.825. The number of amides is 4. The summed E-state index contributed by atoms with van der Waals surface area (Å²) in [5.41, 5.74) is 1.59. The van der Waals surface area contributed by atoms with E-state index in [9.17, 15) is 14.4 Å². The molecule has 1 aromatic carbocycles. The first-order chi connectivity index (χ1) is 14.0. The number of nitrogens with one attached hydrogen (secondary N) is 2. The lowest BCUT2D eigenvalue weighted by atomic mass is 10.1. The van der Waals surface area contributed by atoms with Crippen molar-refractivity contribution in [3.05, 3.63) is 36.0 Å². The standard InChI is InChI=1S/C21H27N5O3/c1-15(19(27)24-8-4-5-9-24)23-21(29)26-12-10-25(11-13-26)20(28)17-14-22-18-7-3-2-6-16(17)18/h2-3,6-7,14-15,22H,4-5,8-13H2,1H3,(H,23,29)/t15-/m0/s1. The van der Waals surface area contributed by atoms with Crippen LogP contribution in [0.25, 0.3) is 10.9 Å². The smallest absolute Gasteiger partial charge is 0.318 e. The van der Waals surface area contributed by atoms with E-state index in [4.69, 9.17) is 0 Å². The fraction of sp³-hybridized carbons (Fsp3) is 0.476. The minimum absolute atomic E-state index is 0.0241. The van der Waals surface area contributed by atoms with E-state index in [-0.39, 0.29) is 17.8 Å². The van der Waals surface area contributed by atoms with Gasteiger partial charge in [0.25, 0.3) is 5.91 Å². The molecule has 2 aliphatic rings. The van der Waals surface area contributed by atoms with E-state index in [1.54, 1.807) is 22.9 Å². The largest absolute Gasteiger partial charge is 0.360 e. The predicted octanol–water partition coefficient (Wildman–Crippen LogP) is 1.65. The lowest BCUT2D eigenvalue weighted by Crippen LogP contribution is -2.56. The monoisotopic (exact) mass is 397 g/mol. The van der Waals surface area contributed by atoms with E-state index in [1.165, 1.54) is 0 Å². The molecular weight excluding hydrogens is 370 g/mol. The number of benzene rings is 1. The van der Waals surface area contributed by atoms with Gasteiger partial charge in [0.1, 0.15) is 6.04 Å². The molecule has 0 aliphatic carbocycles. The van der Waals surface area contributed by atoms with E-state index < -0.39 is 6.04 Å². The Balaban J connectivity index is 1.31. The summed E-state index contributed by atoms with van der Waals surface area (Å²) < 4.78 is 0. The van der Waals surface area contributed by atoms with Crippen LogP contribution in [0.2, 0.25) is 0 Å². The number of fused-ring (bicyclic) bond motifs is 1. The summed E-state index contributed by atoms with van der Waals surface area (Å²) >= 11 is 0. The number of likely N-dealkylation sites (tertiary alicyclic amines) is 1. The highest BCUT2D eigenvalue weighted by Gasteiger charge is 2.29. The Hall–Kier alpha value is -3.03. The Morgan fingerprint density at radius 1 is 0.931 bits per heavy atom. The van der Waals surface area contributed by atoms with Crippen LogP contribution in [-0.2, 0) is 4.79 Å². The first-order valence-electron chi connectivity index (χ1n) is 10.2. The number of hydrogen-bond donors (Lipinski definition) is 2. The van der Waals surface area contributed by atoms with Crippen molar-refractivity contribution in [3.8, 4) is 0 Å². The number of carbonyl (C=O) groups is 3. The van der Waals surface area contributed by atoms with Gasteiger partial charge in [0.2, 0.25) is 5.91 Å². The van der Waals surface area contributed by atoms with Crippen molar-refractivity contribution in [2.45, 2.75) is 25.8 Å². The maximum atomic E-state index is 12.9. The Bertz CT molecular complexity index is 910. The summed E-state index contributed by atoms with van der Waals surface area (Å²) in [6, 6.07) is 6.94. The third-order valence-electron chi connectivity index (χ3n) is 5.80. The van der Waals surface area contributed by atoms with E-state index in [2.05, 4.69) is 10.3 Å². The number of H-pyrrole nitrogens is 1. The van der Waals surface area contributed by atoms with Crippen LogP contribution < -0.4 is 5.32 Å². The molecule has 4 rings (SSSR count). The molecule has 0 radical (unpaired) electrons. The second-order valence-electron chi connectivity index (χ2n) is 7.73. The summed E-state index contributed by atoms with van der Waals surface area (Å²) in [6.07, 6.45) is 3.80. The number of nitrogens with zero attached hydrogens (tertiary/aromatic N) is 3. The van der Waals surface area contributed by atoms with Crippen LogP contribution in [-0.4, -0.2) is 82.8 Å². The maximum absolute atomic E-state index is 12.9. The molecule has 1 atom stereocenters. The third-order valence-corrected chi connectivity index (χ3v) is 5.80. The highest BCUT2D eigenvalue weighted by atomic mass is 16.2. The minimum Gasteiger partial charge on any atom is -0.360 e. The normalized spacial score (nSPS) is 18.2. The molecule has 8 heteroatoms. The number of piperazine rings is 1. The molecule has 154 valence electrons. The van der Waals surface area contributed by atoms with Crippen LogP contribution in [0.15, 0.2) is 30.5 Å². The molecule has 2 N–H and O–H groups in total. The lowest BCUT2D eigenvalue weighted by molar-refractivity contribution is -0.131. The zero-order valence-electron chi connectivity index (χ0n) is 16.7. The van der Waals surface area contributed by atoms with Crippen LogP contribution in [0.4, 0.5) is 4.79 Å². The summed E-state index contributed by atoms with van der Waals surface area (Å²) in [5.74, 6) is -0.0518. The van der Waals surface area contributed by atoms with Gasteiger partial charge in [-0.25, -0.2) is 4.79 Å². The minimum atomic E-state index is -0.536. The van der Waals surface area contributed by atoms with Crippen LogP contribution in [0.3, 0.4) is 0 Å². The van der Waals surface area contributed by atoms with Crippen molar-refractivity contribution >= 4 is 28.7 Å². The van der Waals surface area contributed by atoms with Crippen molar-refractivity contribution in [3.63, 3.8) is 0 Å². The number of aromatic nitrogens is 1. The molecule has 1 aromatic heterocycles. The molecule has 0 unspecified atom stereocenters. The summed E-state index contributed by atoms with van der Waals surface area (Å²) in [4.78, 5) is 46.2. The first kappa shape index (κ1) is 19.3. The SMILES string of the molecule is C[C@H](NC(=O)N1CCN(C(=O)c2c[nH]c3ccccc23)CC1)C(=O)N1CCCC1. The highest BCUT2D eigenvalue weighted by molar-refractivity contribution is 6.06. The Kier molecular flexibility index (Phi) is 5.42. The molecule has 3 heterocycles. The number of para-hydroxylation sites is 1. The fourth-order valence-electron chi connectivity index (χ4n) is 4.08. The van der Waals surface area contributed by atoms with Gasteiger partial charge in [-0.2, -0.15) is 0 Å². The summed E-state index contributed by atoms with van der Waals surface area (Å²) in [6.45, 7) is 5.12. The van der Waals surface area contributed by atoms with Gasteiger partial charge in [-0.05, 0) is 25.8 Å². The van der Waals surface area contributed by atoms with E-state index >= 15 is 0 Å². The number of urea groups is 1. The first-order valence-corrected chi connectivity index (χ1v) is 10.2. The van der Waals surface area contributed by atoms with E-state index in [0.29, 0.717) is 31.7 Å². The second kappa shape index (κ2) is 8.14. The third kappa shape index (κ3) is 3.92. The number of rotatable bonds is 3. The molecule has 0 bridgehead atoms. The molecule has 4 amide bonds. The molecule has 29 heavy (non-hydrogen) atoms. The number of carbonyl (C=O) groups excluding carboxylic acids is 3. The van der Waals surface area contributed by atoms with Crippen LogP contribution >= 0.6 is 0 Å². The number of hydrogen-bond acceptors (Lipinski definition) is 3. The van der Waals surface area contributed by atoms with Crippen molar-refractivity contribution in [1.82, 2.24) is 25.0 Å². The predicted molar refractivity (Wildman–Crippen MR) is 110 cm³/mol. The molecule has 2 aliphatic heterocycles. The van der Waals surface area contributed by atoms with Gasteiger partial charge in [-0.3, -0.25) is 9.59 Å². The van der Waals surface area contributed by atoms with Crippen molar-refractivity contribution < 1.29 is 14.4 Å². The van der Waals surface area contributed by atoms with Crippen molar-refractivity contribution in [1.29, 1.82) is 0 Å². The lowest BCUT2D eigenvalue weighted by Gasteiger charge is -2.35. The number of aromatic amines is 1. The van der Waals surface area contributed by atoms with Crippen LogP contribution in [0.1, 0.15) is 30.1 Å². The van der Waals surface area contributed by atoms with Crippen molar-refractivity contribution in [2.75, 3.05) is 39.3 Å². The van der Waals surface area contributed by atoms with Crippen molar-refractivity contribution in [2.24, 2.45) is 0 Å². The van der Waals surface area contributed by atoms with E-state index in [1.807, 2.05) is 29.2 Å². The van der Waals surface area contributed by atoms with Gasteiger partial charge < -0.3 is 25.0 Å². The Morgan fingerprint density at radius 2 is 1.59 bits per heavy atom. The van der Waals surface area contributed by atoms with Gasteiger partial charge in [-0.1, -0.05) is 18.2 Å². The van der Waals surface area contributed by atoms with Gasteiger partial charge in [-0.15, -0.1) is 0 Å². The maximum Gasteiger partial charge on any atom is 0.318 e. The molecule has 2 fully saturated rings.